The Balaban J connectivity index is 1.34. The molecule has 1 aliphatic heterocycles. The molecule has 10 heteroatoms. The molecule has 4 heterocycles. The number of aliphatic hydroxyl groups is 1. The lowest BCUT2D eigenvalue weighted by molar-refractivity contribution is 0.189. The molecule has 0 radical (unpaired) electrons. The molecule has 0 bridgehead atoms. The van der Waals surface area contributed by atoms with Crippen LogP contribution in [-0.2, 0) is 7.05 Å². The summed E-state index contributed by atoms with van der Waals surface area (Å²) in [6, 6.07) is 9.56. The van der Waals surface area contributed by atoms with Gasteiger partial charge in [0, 0.05) is 56.4 Å². The van der Waals surface area contributed by atoms with Gasteiger partial charge in [-0.3, -0.25) is 9.58 Å². The van der Waals surface area contributed by atoms with Gasteiger partial charge in [0.05, 0.1) is 30.2 Å². The van der Waals surface area contributed by atoms with Crippen LogP contribution in [0.5, 0.6) is 0 Å². The zero-order valence-corrected chi connectivity index (χ0v) is 20.8. The molecule has 1 fully saturated rings. The molecule has 0 aliphatic carbocycles. The number of rotatable bonds is 7. The summed E-state index contributed by atoms with van der Waals surface area (Å²) in [5, 5.41) is 17.8. The third-order valence-electron chi connectivity index (χ3n) is 6.58. The number of benzene rings is 1. The zero-order chi connectivity index (χ0) is 25.2. The molecule has 0 atom stereocenters. The van der Waals surface area contributed by atoms with Crippen molar-refractivity contribution in [2.45, 2.75) is 19.8 Å². The number of anilines is 3. The van der Waals surface area contributed by atoms with E-state index < -0.39 is 5.82 Å². The van der Waals surface area contributed by atoms with Crippen molar-refractivity contribution in [2.24, 2.45) is 7.05 Å². The molecule has 0 unspecified atom stereocenters. The van der Waals surface area contributed by atoms with Gasteiger partial charge in [-0.25, -0.2) is 19.3 Å². The first-order valence-corrected chi connectivity index (χ1v) is 12.2. The smallest absolute Gasteiger partial charge is 0.229 e. The number of nitrogens with zero attached hydrogens (tertiary/aromatic N) is 7. The van der Waals surface area contributed by atoms with Crippen LogP contribution in [0.2, 0.25) is 0 Å². The molecule has 0 spiro atoms. The molecule has 0 saturated carbocycles. The van der Waals surface area contributed by atoms with E-state index in [-0.39, 0.29) is 24.2 Å². The second-order valence-corrected chi connectivity index (χ2v) is 9.36. The van der Waals surface area contributed by atoms with E-state index in [1.165, 1.54) is 6.20 Å². The van der Waals surface area contributed by atoms with Crippen molar-refractivity contribution < 1.29 is 9.50 Å². The molecule has 1 aliphatic rings. The number of aliphatic hydroxyl groups excluding tert-OH is 1. The van der Waals surface area contributed by atoms with Gasteiger partial charge >= 0.3 is 0 Å². The molecule has 5 rings (SSSR count). The SMILES string of the molecule is CC(C)c1c2cc(-c3nc(Nc4ccc(N5CCN(CCO)CC5)cn4)ncc3F)ccc2nn1C. The Hall–Kier alpha value is -3.63. The van der Waals surface area contributed by atoms with E-state index in [0.717, 1.165) is 48.5 Å². The van der Waals surface area contributed by atoms with Crippen molar-refractivity contribution in [3.63, 3.8) is 0 Å². The van der Waals surface area contributed by atoms with Gasteiger partial charge in [0.25, 0.3) is 0 Å². The predicted molar refractivity (Wildman–Crippen MR) is 139 cm³/mol. The molecular formula is C26H31FN8O. The van der Waals surface area contributed by atoms with Crippen LogP contribution in [0.15, 0.2) is 42.7 Å². The Kier molecular flexibility index (Phi) is 6.80. The number of nitrogens with one attached hydrogen (secondary N) is 1. The topological polar surface area (TPSA) is 95.2 Å². The summed E-state index contributed by atoms with van der Waals surface area (Å²) in [6.45, 7) is 8.73. The Morgan fingerprint density at radius 3 is 2.56 bits per heavy atom. The van der Waals surface area contributed by atoms with Gasteiger partial charge in [-0.05, 0) is 30.2 Å². The van der Waals surface area contributed by atoms with Crippen LogP contribution in [0.4, 0.5) is 21.8 Å². The first-order chi connectivity index (χ1) is 17.4. The Morgan fingerprint density at radius 2 is 1.86 bits per heavy atom. The second-order valence-electron chi connectivity index (χ2n) is 9.36. The average molecular weight is 491 g/mol. The fourth-order valence-electron chi connectivity index (χ4n) is 4.81. The van der Waals surface area contributed by atoms with Gasteiger partial charge in [0.2, 0.25) is 5.95 Å². The molecule has 1 aromatic carbocycles. The van der Waals surface area contributed by atoms with E-state index in [4.69, 9.17) is 5.11 Å². The van der Waals surface area contributed by atoms with Crippen molar-refractivity contribution >= 4 is 28.4 Å². The van der Waals surface area contributed by atoms with E-state index in [1.807, 2.05) is 48.3 Å². The molecular weight excluding hydrogens is 459 g/mol. The summed E-state index contributed by atoms with van der Waals surface area (Å²) in [7, 11) is 1.93. The molecule has 1 saturated heterocycles. The minimum Gasteiger partial charge on any atom is -0.395 e. The number of pyridine rings is 1. The monoisotopic (exact) mass is 490 g/mol. The lowest BCUT2D eigenvalue weighted by Crippen LogP contribution is -2.47. The van der Waals surface area contributed by atoms with Crippen molar-refractivity contribution in [3.05, 3.63) is 54.2 Å². The van der Waals surface area contributed by atoms with Gasteiger partial charge in [-0.2, -0.15) is 5.10 Å². The minimum absolute atomic E-state index is 0.187. The molecule has 3 aromatic heterocycles. The lowest BCUT2D eigenvalue weighted by atomic mass is 10.0. The molecule has 188 valence electrons. The zero-order valence-electron chi connectivity index (χ0n) is 20.8. The highest BCUT2D eigenvalue weighted by atomic mass is 19.1. The largest absolute Gasteiger partial charge is 0.395 e. The van der Waals surface area contributed by atoms with E-state index in [9.17, 15) is 4.39 Å². The van der Waals surface area contributed by atoms with Gasteiger partial charge in [-0.15, -0.1) is 0 Å². The van der Waals surface area contributed by atoms with Crippen LogP contribution in [0, 0.1) is 5.82 Å². The fraction of sp³-hybridized carbons (Fsp3) is 0.385. The number of fused-ring (bicyclic) bond motifs is 1. The Morgan fingerprint density at radius 1 is 1.06 bits per heavy atom. The molecule has 36 heavy (non-hydrogen) atoms. The second kappa shape index (κ2) is 10.2. The maximum absolute atomic E-state index is 14.8. The third-order valence-corrected chi connectivity index (χ3v) is 6.58. The molecule has 2 N–H and O–H groups in total. The molecule has 4 aromatic rings. The Labute approximate surface area is 209 Å². The average Bonchev–Trinajstić information content (AvgIpc) is 3.21. The first kappa shape index (κ1) is 24.1. The van der Waals surface area contributed by atoms with E-state index in [2.05, 4.69) is 49.0 Å². The van der Waals surface area contributed by atoms with Gasteiger partial charge in [0.15, 0.2) is 5.82 Å². The van der Waals surface area contributed by atoms with Crippen molar-refractivity contribution in [1.29, 1.82) is 0 Å². The highest BCUT2D eigenvalue weighted by Crippen LogP contribution is 2.30. The van der Waals surface area contributed by atoms with Crippen LogP contribution in [-0.4, -0.2) is 74.1 Å². The number of hydrogen-bond donors (Lipinski definition) is 2. The molecule has 0 amide bonds. The van der Waals surface area contributed by atoms with Crippen LogP contribution < -0.4 is 10.2 Å². The van der Waals surface area contributed by atoms with Crippen LogP contribution in [0.25, 0.3) is 22.2 Å². The Bertz CT molecular complexity index is 1350. The predicted octanol–water partition coefficient (Wildman–Crippen LogP) is 3.55. The summed E-state index contributed by atoms with van der Waals surface area (Å²) in [6.07, 6.45) is 3.00. The van der Waals surface area contributed by atoms with Gasteiger partial charge in [0.1, 0.15) is 11.5 Å². The number of aryl methyl sites for hydroxylation is 1. The van der Waals surface area contributed by atoms with Crippen molar-refractivity contribution in [2.75, 3.05) is 49.5 Å². The summed E-state index contributed by atoms with van der Waals surface area (Å²) in [5.41, 5.74) is 3.90. The summed E-state index contributed by atoms with van der Waals surface area (Å²) >= 11 is 0. The van der Waals surface area contributed by atoms with Crippen LogP contribution >= 0.6 is 0 Å². The molecule has 9 nitrogen and oxygen atoms in total. The normalized spacial score (nSPS) is 14.7. The summed E-state index contributed by atoms with van der Waals surface area (Å²) in [5.74, 6) is 0.652. The number of hydrogen-bond acceptors (Lipinski definition) is 8. The number of halogens is 1. The van der Waals surface area contributed by atoms with Crippen LogP contribution in [0.3, 0.4) is 0 Å². The van der Waals surface area contributed by atoms with Crippen LogP contribution in [0.1, 0.15) is 25.5 Å². The number of piperazine rings is 1. The number of β-amino-alcohol motifs (C(OH)–C–C–N with tert-alkyl or cyclic N) is 1. The highest BCUT2D eigenvalue weighted by Gasteiger charge is 2.18. The maximum Gasteiger partial charge on any atom is 0.229 e. The standard InChI is InChI=1S/C26H31FN8O/c1-17(2)25-20-14-18(4-6-22(20)32-33(25)3)24-21(27)16-29-26(31-24)30-23-7-5-19(15-28-23)35-10-8-34(9-11-35)12-13-36/h4-7,14-17,36H,8-13H2,1-3H3,(H,28,29,30,31). The van der Waals surface area contributed by atoms with Crippen molar-refractivity contribution in [1.82, 2.24) is 29.6 Å². The quantitative estimate of drug-likeness (QED) is 0.406. The van der Waals surface area contributed by atoms with E-state index in [0.29, 0.717) is 17.9 Å². The highest BCUT2D eigenvalue weighted by molar-refractivity contribution is 5.86. The number of aromatic nitrogens is 5. The summed E-state index contributed by atoms with van der Waals surface area (Å²) in [4.78, 5) is 17.6. The van der Waals surface area contributed by atoms with Crippen molar-refractivity contribution in [3.8, 4) is 11.3 Å². The minimum atomic E-state index is -0.487. The van der Waals surface area contributed by atoms with Gasteiger partial charge in [-0.1, -0.05) is 19.9 Å². The maximum atomic E-state index is 14.8. The fourth-order valence-corrected chi connectivity index (χ4v) is 4.81. The summed E-state index contributed by atoms with van der Waals surface area (Å²) < 4.78 is 16.7. The third kappa shape index (κ3) is 4.87. The lowest BCUT2D eigenvalue weighted by Gasteiger charge is -2.35. The first-order valence-electron chi connectivity index (χ1n) is 12.2. The van der Waals surface area contributed by atoms with Gasteiger partial charge < -0.3 is 15.3 Å². The van der Waals surface area contributed by atoms with E-state index >= 15 is 0 Å². The van der Waals surface area contributed by atoms with E-state index in [1.54, 1.807) is 0 Å².